The van der Waals surface area contributed by atoms with Crippen LogP contribution in [0.1, 0.15) is 16.9 Å². The van der Waals surface area contributed by atoms with Gasteiger partial charge in [-0.2, -0.15) is 0 Å². The molecule has 23 heavy (non-hydrogen) atoms. The van der Waals surface area contributed by atoms with E-state index >= 15 is 0 Å². The summed E-state index contributed by atoms with van der Waals surface area (Å²) >= 11 is 1.84. The third-order valence-electron chi connectivity index (χ3n) is 4.14. The standard InChI is InChI=1S/C18H25N3OS/c1-4-17(14-19-6-1)15-21(16-18-5-2-13-23-18)8-3-7-20-9-11-22-12-10-20/h1-2,4-6,13-14H,3,7-12,15-16H2. The molecule has 0 amide bonds. The Morgan fingerprint density at radius 1 is 1.17 bits per heavy atom. The molecule has 1 aliphatic heterocycles. The van der Waals surface area contributed by atoms with E-state index in [0.717, 1.165) is 52.5 Å². The topological polar surface area (TPSA) is 28.6 Å². The Balaban J connectivity index is 1.51. The highest BCUT2D eigenvalue weighted by atomic mass is 32.1. The zero-order chi connectivity index (χ0) is 15.7. The Hall–Kier alpha value is -1.27. The number of hydrogen-bond donors (Lipinski definition) is 0. The van der Waals surface area contributed by atoms with Crippen LogP contribution in [0.5, 0.6) is 0 Å². The van der Waals surface area contributed by atoms with Crippen LogP contribution in [0.3, 0.4) is 0 Å². The molecule has 0 bridgehead atoms. The number of rotatable bonds is 8. The van der Waals surface area contributed by atoms with E-state index in [1.807, 2.05) is 29.8 Å². The molecule has 124 valence electrons. The van der Waals surface area contributed by atoms with Crippen LogP contribution in [0.2, 0.25) is 0 Å². The van der Waals surface area contributed by atoms with Crippen molar-refractivity contribution in [3.63, 3.8) is 0 Å². The lowest BCUT2D eigenvalue weighted by Gasteiger charge is -2.28. The van der Waals surface area contributed by atoms with Crippen LogP contribution in [0.4, 0.5) is 0 Å². The predicted octanol–water partition coefficient (Wildman–Crippen LogP) is 2.87. The lowest BCUT2D eigenvalue weighted by molar-refractivity contribution is 0.0359. The third-order valence-corrected chi connectivity index (χ3v) is 5.00. The van der Waals surface area contributed by atoms with Gasteiger partial charge in [0.2, 0.25) is 0 Å². The number of aromatic nitrogens is 1. The summed E-state index contributed by atoms with van der Waals surface area (Å²) in [5.74, 6) is 0. The fourth-order valence-corrected chi connectivity index (χ4v) is 3.68. The second kappa shape index (κ2) is 9.13. The fourth-order valence-electron chi connectivity index (χ4n) is 2.93. The lowest BCUT2D eigenvalue weighted by Crippen LogP contribution is -2.38. The van der Waals surface area contributed by atoms with Crippen LogP contribution < -0.4 is 0 Å². The molecule has 2 aromatic rings. The molecule has 0 atom stereocenters. The van der Waals surface area contributed by atoms with E-state index in [1.54, 1.807) is 0 Å². The highest BCUT2D eigenvalue weighted by Crippen LogP contribution is 2.14. The van der Waals surface area contributed by atoms with Crippen LogP contribution in [0.15, 0.2) is 42.0 Å². The van der Waals surface area contributed by atoms with Crippen molar-refractivity contribution in [1.82, 2.24) is 14.8 Å². The minimum absolute atomic E-state index is 0.884. The van der Waals surface area contributed by atoms with E-state index in [9.17, 15) is 0 Å². The van der Waals surface area contributed by atoms with Crippen molar-refractivity contribution in [2.45, 2.75) is 19.5 Å². The maximum atomic E-state index is 5.42. The first-order valence-corrected chi connectivity index (χ1v) is 9.22. The number of thiophene rings is 1. The summed E-state index contributed by atoms with van der Waals surface area (Å²) in [6.07, 6.45) is 5.01. The molecule has 0 saturated carbocycles. The first kappa shape index (κ1) is 16.6. The maximum absolute atomic E-state index is 5.42. The van der Waals surface area contributed by atoms with Gasteiger partial charge in [-0.05, 0) is 36.0 Å². The van der Waals surface area contributed by atoms with Crippen LogP contribution in [0, 0.1) is 0 Å². The first-order chi connectivity index (χ1) is 11.4. The van der Waals surface area contributed by atoms with Gasteiger partial charge in [-0.3, -0.25) is 14.8 Å². The monoisotopic (exact) mass is 331 g/mol. The van der Waals surface area contributed by atoms with Crippen molar-refractivity contribution >= 4 is 11.3 Å². The normalized spacial score (nSPS) is 16.0. The largest absolute Gasteiger partial charge is 0.379 e. The molecule has 0 spiro atoms. The number of hydrogen-bond acceptors (Lipinski definition) is 5. The molecule has 0 N–H and O–H groups in total. The zero-order valence-electron chi connectivity index (χ0n) is 13.6. The predicted molar refractivity (Wildman–Crippen MR) is 94.5 cm³/mol. The Morgan fingerprint density at radius 2 is 2.09 bits per heavy atom. The molecular formula is C18H25N3OS. The maximum Gasteiger partial charge on any atom is 0.0594 e. The van der Waals surface area contributed by atoms with Crippen LogP contribution in [-0.4, -0.2) is 54.2 Å². The van der Waals surface area contributed by atoms with E-state index < -0.39 is 0 Å². The number of nitrogens with zero attached hydrogens (tertiary/aromatic N) is 3. The second-order valence-electron chi connectivity index (χ2n) is 5.96. The highest BCUT2D eigenvalue weighted by molar-refractivity contribution is 7.09. The minimum Gasteiger partial charge on any atom is -0.379 e. The van der Waals surface area contributed by atoms with E-state index in [0.29, 0.717) is 0 Å². The Kier molecular flexibility index (Phi) is 6.58. The number of ether oxygens (including phenoxy) is 1. The highest BCUT2D eigenvalue weighted by Gasteiger charge is 2.12. The molecule has 0 aromatic carbocycles. The van der Waals surface area contributed by atoms with Crippen molar-refractivity contribution in [3.8, 4) is 0 Å². The Bertz CT molecular complexity index is 541. The average Bonchev–Trinajstić information content (AvgIpc) is 3.10. The third kappa shape index (κ3) is 5.70. The molecule has 3 heterocycles. The number of pyridine rings is 1. The molecule has 2 aromatic heterocycles. The van der Waals surface area contributed by atoms with E-state index in [4.69, 9.17) is 4.74 Å². The Morgan fingerprint density at radius 3 is 2.83 bits per heavy atom. The Labute approximate surface area is 142 Å². The summed E-state index contributed by atoms with van der Waals surface area (Å²) in [5, 5.41) is 2.16. The summed E-state index contributed by atoms with van der Waals surface area (Å²) in [5.41, 5.74) is 1.29. The zero-order valence-corrected chi connectivity index (χ0v) is 14.4. The van der Waals surface area contributed by atoms with Gasteiger partial charge in [0.1, 0.15) is 0 Å². The summed E-state index contributed by atoms with van der Waals surface area (Å²) in [6.45, 7) is 8.19. The van der Waals surface area contributed by atoms with Gasteiger partial charge in [-0.1, -0.05) is 12.1 Å². The van der Waals surface area contributed by atoms with Gasteiger partial charge in [0.15, 0.2) is 0 Å². The van der Waals surface area contributed by atoms with E-state index in [1.165, 1.54) is 16.9 Å². The second-order valence-corrected chi connectivity index (χ2v) is 6.99. The van der Waals surface area contributed by atoms with Crippen LogP contribution >= 0.6 is 11.3 Å². The molecule has 1 fully saturated rings. The van der Waals surface area contributed by atoms with Crippen LogP contribution in [-0.2, 0) is 17.8 Å². The van der Waals surface area contributed by atoms with Gasteiger partial charge in [0.25, 0.3) is 0 Å². The van der Waals surface area contributed by atoms with Gasteiger partial charge in [-0.15, -0.1) is 11.3 Å². The summed E-state index contributed by atoms with van der Waals surface area (Å²) in [4.78, 5) is 10.7. The van der Waals surface area contributed by atoms with Crippen molar-refractivity contribution < 1.29 is 4.74 Å². The smallest absolute Gasteiger partial charge is 0.0594 e. The van der Waals surface area contributed by atoms with Gasteiger partial charge in [0.05, 0.1) is 13.2 Å². The van der Waals surface area contributed by atoms with Gasteiger partial charge >= 0.3 is 0 Å². The summed E-state index contributed by atoms with van der Waals surface area (Å²) in [7, 11) is 0. The minimum atomic E-state index is 0.884. The van der Waals surface area contributed by atoms with E-state index in [-0.39, 0.29) is 0 Å². The van der Waals surface area contributed by atoms with Crippen molar-refractivity contribution in [3.05, 3.63) is 52.5 Å². The fraction of sp³-hybridized carbons (Fsp3) is 0.500. The summed E-state index contributed by atoms with van der Waals surface area (Å²) in [6, 6.07) is 8.54. The van der Waals surface area contributed by atoms with Gasteiger partial charge in [0, 0.05) is 50.0 Å². The molecule has 5 heteroatoms. The molecule has 1 saturated heterocycles. The van der Waals surface area contributed by atoms with Crippen molar-refractivity contribution in [2.24, 2.45) is 0 Å². The molecule has 3 rings (SSSR count). The van der Waals surface area contributed by atoms with Gasteiger partial charge in [-0.25, -0.2) is 0 Å². The van der Waals surface area contributed by atoms with Crippen LogP contribution in [0.25, 0.3) is 0 Å². The van der Waals surface area contributed by atoms with Crippen molar-refractivity contribution in [2.75, 3.05) is 39.4 Å². The SMILES string of the molecule is c1cncc(CN(CCCN2CCOCC2)Cc2cccs2)c1. The molecule has 0 unspecified atom stereocenters. The molecular weight excluding hydrogens is 306 g/mol. The molecule has 1 aliphatic rings. The quantitative estimate of drug-likeness (QED) is 0.744. The van der Waals surface area contributed by atoms with Crippen molar-refractivity contribution in [1.29, 1.82) is 0 Å². The molecule has 0 radical (unpaired) electrons. The van der Waals surface area contributed by atoms with E-state index in [2.05, 4.69) is 38.4 Å². The van der Waals surface area contributed by atoms with Gasteiger partial charge < -0.3 is 4.74 Å². The molecule has 0 aliphatic carbocycles. The molecule has 4 nitrogen and oxygen atoms in total. The summed E-state index contributed by atoms with van der Waals surface area (Å²) < 4.78 is 5.42. The average molecular weight is 331 g/mol. The lowest BCUT2D eigenvalue weighted by atomic mass is 10.2. The number of morpholine rings is 1. The first-order valence-electron chi connectivity index (χ1n) is 8.34.